The van der Waals surface area contributed by atoms with Crippen LogP contribution in [-0.4, -0.2) is 33.9 Å². The number of amides is 1. The van der Waals surface area contributed by atoms with Crippen molar-refractivity contribution >= 4 is 5.91 Å². The SMILES string of the molecule is O=C(NC[C@@H]1CCCC[C@@H]1O)c1cccc(-c2nnco2)c1. The standard InChI is InChI=1S/C16H19N3O3/c20-14-7-2-1-4-13(14)9-17-15(21)11-5-3-6-12(8-11)16-19-18-10-22-16/h3,5-6,8,10,13-14,20H,1-2,4,7,9H2,(H,17,21)/t13-,14-/m0/s1. The fourth-order valence-corrected chi connectivity index (χ4v) is 2.84. The van der Waals surface area contributed by atoms with Gasteiger partial charge in [-0.05, 0) is 31.0 Å². The van der Waals surface area contributed by atoms with E-state index < -0.39 is 0 Å². The van der Waals surface area contributed by atoms with Gasteiger partial charge in [-0.25, -0.2) is 0 Å². The van der Waals surface area contributed by atoms with Crippen molar-refractivity contribution in [1.82, 2.24) is 15.5 Å². The molecular weight excluding hydrogens is 282 g/mol. The van der Waals surface area contributed by atoms with Crippen molar-refractivity contribution in [2.45, 2.75) is 31.8 Å². The van der Waals surface area contributed by atoms with E-state index in [2.05, 4.69) is 15.5 Å². The number of benzene rings is 1. The average Bonchev–Trinajstić information content (AvgIpc) is 3.08. The first-order valence-electron chi connectivity index (χ1n) is 7.57. The summed E-state index contributed by atoms with van der Waals surface area (Å²) < 4.78 is 5.14. The van der Waals surface area contributed by atoms with Gasteiger partial charge in [0.2, 0.25) is 12.3 Å². The third-order valence-corrected chi connectivity index (χ3v) is 4.13. The van der Waals surface area contributed by atoms with Crippen molar-refractivity contribution in [1.29, 1.82) is 0 Å². The number of aliphatic hydroxyl groups excluding tert-OH is 1. The topological polar surface area (TPSA) is 88.2 Å². The van der Waals surface area contributed by atoms with Gasteiger partial charge < -0.3 is 14.8 Å². The molecule has 1 aliphatic carbocycles. The quantitative estimate of drug-likeness (QED) is 0.902. The molecule has 0 aliphatic heterocycles. The van der Waals surface area contributed by atoms with Crippen LogP contribution in [-0.2, 0) is 0 Å². The van der Waals surface area contributed by atoms with Crippen LogP contribution in [0.15, 0.2) is 35.1 Å². The zero-order chi connectivity index (χ0) is 15.4. The number of nitrogens with one attached hydrogen (secondary N) is 1. The number of aliphatic hydroxyl groups is 1. The minimum atomic E-state index is -0.307. The minimum absolute atomic E-state index is 0.150. The van der Waals surface area contributed by atoms with Crippen molar-refractivity contribution < 1.29 is 14.3 Å². The van der Waals surface area contributed by atoms with Crippen molar-refractivity contribution in [3.8, 4) is 11.5 Å². The Hall–Kier alpha value is -2.21. The molecule has 1 aromatic heterocycles. The van der Waals surface area contributed by atoms with E-state index in [0.29, 0.717) is 23.6 Å². The van der Waals surface area contributed by atoms with Crippen LogP contribution in [0.4, 0.5) is 0 Å². The van der Waals surface area contributed by atoms with Crippen molar-refractivity contribution in [2.24, 2.45) is 5.92 Å². The fourth-order valence-electron chi connectivity index (χ4n) is 2.84. The largest absolute Gasteiger partial charge is 0.423 e. The first-order chi connectivity index (χ1) is 10.7. The predicted octanol–water partition coefficient (Wildman–Crippen LogP) is 2.02. The third-order valence-electron chi connectivity index (χ3n) is 4.13. The second kappa shape index (κ2) is 6.70. The van der Waals surface area contributed by atoms with E-state index in [4.69, 9.17) is 4.42 Å². The summed E-state index contributed by atoms with van der Waals surface area (Å²) in [7, 11) is 0. The number of hydrogen-bond donors (Lipinski definition) is 2. The molecule has 0 unspecified atom stereocenters. The van der Waals surface area contributed by atoms with E-state index in [1.54, 1.807) is 18.2 Å². The summed E-state index contributed by atoms with van der Waals surface area (Å²) >= 11 is 0. The highest BCUT2D eigenvalue weighted by Gasteiger charge is 2.23. The Kier molecular flexibility index (Phi) is 4.48. The van der Waals surface area contributed by atoms with E-state index in [0.717, 1.165) is 25.7 Å². The molecule has 116 valence electrons. The Morgan fingerprint density at radius 1 is 1.36 bits per heavy atom. The first-order valence-corrected chi connectivity index (χ1v) is 7.57. The molecule has 0 spiro atoms. The summed E-state index contributed by atoms with van der Waals surface area (Å²) in [6.45, 7) is 0.505. The Labute approximate surface area is 128 Å². The molecule has 1 aliphatic rings. The predicted molar refractivity (Wildman–Crippen MR) is 80.0 cm³/mol. The number of carbonyl (C=O) groups is 1. The van der Waals surface area contributed by atoms with Crippen LogP contribution in [0.3, 0.4) is 0 Å². The fraction of sp³-hybridized carbons (Fsp3) is 0.438. The highest BCUT2D eigenvalue weighted by Crippen LogP contribution is 2.24. The van der Waals surface area contributed by atoms with Crippen LogP contribution >= 0.6 is 0 Å². The van der Waals surface area contributed by atoms with E-state index in [1.165, 1.54) is 6.39 Å². The number of hydrogen-bond acceptors (Lipinski definition) is 5. The lowest BCUT2D eigenvalue weighted by Gasteiger charge is -2.27. The smallest absolute Gasteiger partial charge is 0.251 e. The summed E-state index contributed by atoms with van der Waals surface area (Å²) in [5.74, 6) is 0.383. The van der Waals surface area contributed by atoms with Crippen LogP contribution < -0.4 is 5.32 Å². The summed E-state index contributed by atoms with van der Waals surface area (Å²) in [5, 5.41) is 20.3. The highest BCUT2D eigenvalue weighted by atomic mass is 16.4. The molecule has 6 nitrogen and oxygen atoms in total. The third kappa shape index (κ3) is 3.33. The zero-order valence-electron chi connectivity index (χ0n) is 12.2. The monoisotopic (exact) mass is 301 g/mol. The molecule has 1 heterocycles. The molecule has 2 atom stereocenters. The summed E-state index contributed by atoms with van der Waals surface area (Å²) in [5.41, 5.74) is 1.25. The zero-order valence-corrected chi connectivity index (χ0v) is 12.2. The molecule has 1 saturated carbocycles. The maximum Gasteiger partial charge on any atom is 0.251 e. The van der Waals surface area contributed by atoms with Crippen molar-refractivity contribution in [2.75, 3.05) is 6.54 Å². The number of aromatic nitrogens is 2. The molecule has 22 heavy (non-hydrogen) atoms. The lowest BCUT2D eigenvalue weighted by molar-refractivity contribution is 0.0663. The van der Waals surface area contributed by atoms with Gasteiger partial charge in [0.05, 0.1) is 6.10 Å². The molecule has 3 rings (SSSR count). The average molecular weight is 301 g/mol. The van der Waals surface area contributed by atoms with Crippen LogP contribution in [0.2, 0.25) is 0 Å². The second-order valence-corrected chi connectivity index (χ2v) is 5.65. The summed E-state index contributed by atoms with van der Waals surface area (Å²) in [4.78, 5) is 12.3. The minimum Gasteiger partial charge on any atom is -0.423 e. The van der Waals surface area contributed by atoms with Gasteiger partial charge in [0, 0.05) is 23.6 Å². The molecule has 0 radical (unpaired) electrons. The van der Waals surface area contributed by atoms with Gasteiger partial charge in [-0.15, -0.1) is 10.2 Å². The van der Waals surface area contributed by atoms with Crippen LogP contribution in [0, 0.1) is 5.92 Å². The highest BCUT2D eigenvalue weighted by molar-refractivity contribution is 5.95. The molecule has 1 amide bonds. The molecule has 0 bridgehead atoms. The van der Waals surface area contributed by atoms with Gasteiger partial charge in [-0.3, -0.25) is 4.79 Å². The van der Waals surface area contributed by atoms with Gasteiger partial charge >= 0.3 is 0 Å². The number of carbonyl (C=O) groups excluding carboxylic acids is 1. The van der Waals surface area contributed by atoms with Crippen LogP contribution in [0.1, 0.15) is 36.0 Å². The molecular formula is C16H19N3O3. The van der Waals surface area contributed by atoms with Gasteiger partial charge in [0.25, 0.3) is 5.91 Å². The van der Waals surface area contributed by atoms with Crippen molar-refractivity contribution in [3.63, 3.8) is 0 Å². The normalized spacial score (nSPS) is 21.5. The van der Waals surface area contributed by atoms with E-state index in [-0.39, 0.29) is 17.9 Å². The molecule has 1 fully saturated rings. The first kappa shape index (κ1) is 14.7. The number of nitrogens with zero attached hydrogens (tertiary/aromatic N) is 2. The molecule has 6 heteroatoms. The van der Waals surface area contributed by atoms with Gasteiger partial charge in [-0.2, -0.15) is 0 Å². The molecule has 0 saturated heterocycles. The van der Waals surface area contributed by atoms with Crippen LogP contribution in [0.25, 0.3) is 11.5 Å². The Balaban J connectivity index is 1.64. The summed E-state index contributed by atoms with van der Waals surface area (Å²) in [6, 6.07) is 7.06. The van der Waals surface area contributed by atoms with E-state index >= 15 is 0 Å². The van der Waals surface area contributed by atoms with E-state index in [1.807, 2.05) is 6.07 Å². The Morgan fingerprint density at radius 2 is 2.23 bits per heavy atom. The Bertz CT molecular complexity index is 627. The molecule has 2 aromatic rings. The second-order valence-electron chi connectivity index (χ2n) is 5.65. The van der Waals surface area contributed by atoms with Gasteiger partial charge in [-0.1, -0.05) is 18.9 Å². The number of rotatable bonds is 4. The van der Waals surface area contributed by atoms with Crippen LogP contribution in [0.5, 0.6) is 0 Å². The van der Waals surface area contributed by atoms with E-state index in [9.17, 15) is 9.90 Å². The van der Waals surface area contributed by atoms with Gasteiger partial charge in [0.1, 0.15) is 0 Å². The lowest BCUT2D eigenvalue weighted by atomic mass is 9.86. The summed E-state index contributed by atoms with van der Waals surface area (Å²) in [6.07, 6.45) is 4.92. The van der Waals surface area contributed by atoms with Gasteiger partial charge in [0.15, 0.2) is 0 Å². The maximum absolute atomic E-state index is 12.3. The molecule has 2 N–H and O–H groups in total. The molecule has 1 aromatic carbocycles. The lowest BCUT2D eigenvalue weighted by Crippen LogP contribution is -2.36. The maximum atomic E-state index is 12.3. The Morgan fingerprint density at radius 3 is 3.00 bits per heavy atom. The van der Waals surface area contributed by atoms with Crippen molar-refractivity contribution in [3.05, 3.63) is 36.2 Å².